The summed E-state index contributed by atoms with van der Waals surface area (Å²) in [4.78, 5) is 23.4. The van der Waals surface area contributed by atoms with Gasteiger partial charge in [0.05, 0.1) is 27.6 Å². The topological polar surface area (TPSA) is 94.8 Å². The predicted molar refractivity (Wildman–Crippen MR) is 126 cm³/mol. The molecule has 0 radical (unpaired) electrons. The van der Waals surface area contributed by atoms with Gasteiger partial charge in [-0.05, 0) is 25.3 Å². The maximum absolute atomic E-state index is 12.4. The lowest BCUT2D eigenvalue weighted by molar-refractivity contribution is -0.875. The molecule has 0 aliphatic rings. The number of carboxylic acid groups (broad SMARTS) is 1. The number of carbonyl (C=O) groups excluding carboxylic acids is 1. The van der Waals surface area contributed by atoms with Gasteiger partial charge in [-0.15, -0.1) is 0 Å². The Labute approximate surface area is 189 Å². The molecular weight excluding hydrogens is 394 g/mol. The summed E-state index contributed by atoms with van der Waals surface area (Å²) >= 11 is 0. The third-order valence-electron chi connectivity index (χ3n) is 5.16. The Kier molecular flexibility index (Phi) is 16.3. The first kappa shape index (κ1) is 29.5. The van der Waals surface area contributed by atoms with Gasteiger partial charge < -0.3 is 19.8 Å². The lowest BCUT2D eigenvalue weighted by Crippen LogP contribution is -2.54. The van der Waals surface area contributed by atoms with Crippen molar-refractivity contribution < 1.29 is 29.4 Å². The van der Waals surface area contributed by atoms with Crippen LogP contribution in [-0.4, -0.2) is 71.5 Å². The number of ketones is 1. The molecule has 0 spiro atoms. The Balaban J connectivity index is 3.96. The molecular formula is C25H46NO5+. The number of aliphatic hydroxyl groups is 2. The standard InChI is InChI=1S/C25H45NO5/c1-26(2,3)22-25(31,21-24(29)30)23(28)19-17-15-13-11-9-7-5-4-6-8-10-12-14-16-18-20-27/h13,15,17,19,27,31H,4-12,14,16,18,20-22H2,1-3H3/p+1. The SMILES string of the molecule is C[N+](C)(C)CC(O)(CC(=O)O)C(=O)C=CC=CCCCCCCCCCCCCCO. The van der Waals surface area contributed by atoms with Crippen LogP contribution in [0.4, 0.5) is 0 Å². The number of hydrogen-bond acceptors (Lipinski definition) is 4. The van der Waals surface area contributed by atoms with Gasteiger partial charge in [-0.25, -0.2) is 0 Å². The molecule has 0 aromatic carbocycles. The molecule has 0 saturated heterocycles. The van der Waals surface area contributed by atoms with Crippen LogP contribution < -0.4 is 0 Å². The van der Waals surface area contributed by atoms with Crippen LogP contribution >= 0.6 is 0 Å². The van der Waals surface area contributed by atoms with E-state index in [1.165, 1.54) is 57.4 Å². The molecule has 31 heavy (non-hydrogen) atoms. The van der Waals surface area contributed by atoms with Crippen LogP contribution in [-0.2, 0) is 9.59 Å². The molecule has 1 atom stereocenters. The average Bonchev–Trinajstić information content (AvgIpc) is 2.65. The summed E-state index contributed by atoms with van der Waals surface area (Å²) in [6, 6.07) is 0. The Hall–Kier alpha value is -1.50. The van der Waals surface area contributed by atoms with E-state index in [1.54, 1.807) is 12.2 Å². The van der Waals surface area contributed by atoms with E-state index in [-0.39, 0.29) is 6.54 Å². The second-order valence-electron chi connectivity index (χ2n) is 9.60. The first-order chi connectivity index (χ1) is 14.6. The van der Waals surface area contributed by atoms with Crippen LogP contribution in [0.15, 0.2) is 24.3 Å². The molecule has 0 aromatic heterocycles. The molecule has 0 aliphatic heterocycles. The number of hydrogen-bond donors (Lipinski definition) is 3. The summed E-state index contributed by atoms with van der Waals surface area (Å²) < 4.78 is 0.295. The average molecular weight is 441 g/mol. The number of nitrogens with zero attached hydrogens (tertiary/aromatic N) is 1. The summed E-state index contributed by atoms with van der Waals surface area (Å²) in [6.07, 6.45) is 20.4. The van der Waals surface area contributed by atoms with Gasteiger partial charge in [0.2, 0.25) is 0 Å². The van der Waals surface area contributed by atoms with E-state index in [9.17, 15) is 14.7 Å². The van der Waals surface area contributed by atoms with E-state index in [4.69, 9.17) is 10.2 Å². The number of likely N-dealkylation sites (N-methyl/N-ethyl adjacent to an activating group) is 1. The van der Waals surface area contributed by atoms with Crippen LogP contribution in [0.2, 0.25) is 0 Å². The molecule has 3 N–H and O–H groups in total. The van der Waals surface area contributed by atoms with Crippen molar-refractivity contribution in [1.82, 2.24) is 0 Å². The third kappa shape index (κ3) is 17.8. The van der Waals surface area contributed by atoms with Crippen molar-refractivity contribution in [3.63, 3.8) is 0 Å². The van der Waals surface area contributed by atoms with Gasteiger partial charge in [-0.2, -0.15) is 0 Å². The summed E-state index contributed by atoms with van der Waals surface area (Å²) in [5.41, 5.74) is -1.89. The smallest absolute Gasteiger partial charge is 0.307 e. The minimum absolute atomic E-state index is 0.0376. The van der Waals surface area contributed by atoms with Crippen molar-refractivity contribution in [2.75, 3.05) is 34.3 Å². The molecule has 0 saturated carbocycles. The Morgan fingerprint density at radius 2 is 1.29 bits per heavy atom. The van der Waals surface area contributed by atoms with Crippen LogP contribution in [0.5, 0.6) is 0 Å². The molecule has 0 heterocycles. The summed E-state index contributed by atoms with van der Waals surface area (Å²) in [7, 11) is 5.43. The van der Waals surface area contributed by atoms with Crippen LogP contribution in [0, 0.1) is 0 Å². The van der Waals surface area contributed by atoms with E-state index in [2.05, 4.69) is 0 Å². The number of rotatable bonds is 20. The fourth-order valence-electron chi connectivity index (χ4n) is 3.69. The summed E-state index contributed by atoms with van der Waals surface area (Å²) in [5.74, 6) is -1.76. The van der Waals surface area contributed by atoms with Crippen molar-refractivity contribution in [3.8, 4) is 0 Å². The minimum atomic E-state index is -1.89. The van der Waals surface area contributed by atoms with Gasteiger partial charge in [0.1, 0.15) is 6.54 Å². The maximum atomic E-state index is 12.4. The number of unbranched alkanes of at least 4 members (excludes halogenated alkanes) is 11. The highest BCUT2D eigenvalue weighted by molar-refractivity contribution is 5.99. The Morgan fingerprint density at radius 3 is 1.74 bits per heavy atom. The quantitative estimate of drug-likeness (QED) is 0.114. The van der Waals surface area contributed by atoms with E-state index >= 15 is 0 Å². The fraction of sp³-hybridized carbons (Fsp3) is 0.760. The van der Waals surface area contributed by atoms with Gasteiger partial charge in [0.15, 0.2) is 11.4 Å². The van der Waals surface area contributed by atoms with Gasteiger partial charge in [0, 0.05) is 6.61 Å². The van der Waals surface area contributed by atoms with Crippen molar-refractivity contribution in [2.24, 2.45) is 0 Å². The third-order valence-corrected chi connectivity index (χ3v) is 5.16. The fourth-order valence-corrected chi connectivity index (χ4v) is 3.69. The van der Waals surface area contributed by atoms with Crippen LogP contribution in [0.25, 0.3) is 0 Å². The molecule has 1 unspecified atom stereocenters. The molecule has 0 aliphatic carbocycles. The first-order valence-corrected chi connectivity index (χ1v) is 11.8. The van der Waals surface area contributed by atoms with Gasteiger partial charge in [0.25, 0.3) is 0 Å². The van der Waals surface area contributed by atoms with E-state index < -0.39 is 23.8 Å². The lowest BCUT2D eigenvalue weighted by Gasteiger charge is -2.33. The lowest BCUT2D eigenvalue weighted by atomic mass is 9.92. The molecule has 0 rings (SSSR count). The summed E-state index contributed by atoms with van der Waals surface area (Å²) in [6.45, 7) is 0.354. The normalized spacial score (nSPS) is 14.4. The maximum Gasteiger partial charge on any atom is 0.307 e. The second-order valence-corrected chi connectivity index (χ2v) is 9.60. The van der Waals surface area contributed by atoms with Crippen molar-refractivity contribution in [3.05, 3.63) is 24.3 Å². The Morgan fingerprint density at radius 1 is 0.806 bits per heavy atom. The van der Waals surface area contributed by atoms with Crippen LogP contribution in [0.3, 0.4) is 0 Å². The number of carbonyl (C=O) groups is 2. The van der Waals surface area contributed by atoms with Gasteiger partial charge >= 0.3 is 5.97 Å². The van der Waals surface area contributed by atoms with Crippen molar-refractivity contribution in [1.29, 1.82) is 0 Å². The van der Waals surface area contributed by atoms with Crippen LogP contribution in [0.1, 0.15) is 83.5 Å². The predicted octanol–water partition coefficient (Wildman–Crippen LogP) is 4.25. The molecule has 0 fully saturated rings. The zero-order valence-electron chi connectivity index (χ0n) is 20.0. The monoisotopic (exact) mass is 440 g/mol. The van der Waals surface area contributed by atoms with Gasteiger partial charge in [-0.1, -0.05) is 76.0 Å². The van der Waals surface area contributed by atoms with Crippen molar-refractivity contribution >= 4 is 11.8 Å². The zero-order valence-corrected chi connectivity index (χ0v) is 20.0. The molecule has 0 amide bonds. The molecule has 0 bridgehead atoms. The van der Waals surface area contributed by atoms with Crippen molar-refractivity contribution in [2.45, 2.75) is 89.1 Å². The molecule has 6 nitrogen and oxygen atoms in total. The highest BCUT2D eigenvalue weighted by Crippen LogP contribution is 2.17. The first-order valence-electron chi connectivity index (χ1n) is 11.8. The van der Waals surface area contributed by atoms with E-state index in [1.807, 2.05) is 27.2 Å². The largest absolute Gasteiger partial charge is 0.481 e. The molecule has 180 valence electrons. The van der Waals surface area contributed by atoms with E-state index in [0.717, 1.165) is 25.7 Å². The Bertz CT molecular complexity index is 551. The number of aliphatic hydroxyl groups excluding tert-OH is 1. The summed E-state index contributed by atoms with van der Waals surface area (Å²) in [5, 5.41) is 28.4. The zero-order chi connectivity index (χ0) is 23.6. The minimum Gasteiger partial charge on any atom is -0.481 e. The number of aliphatic carboxylic acids is 1. The number of allylic oxidation sites excluding steroid dienone is 3. The molecule has 6 heteroatoms. The van der Waals surface area contributed by atoms with E-state index in [0.29, 0.717) is 11.1 Å². The number of carboxylic acids is 1. The molecule has 0 aromatic rings. The van der Waals surface area contributed by atoms with Gasteiger partial charge in [-0.3, -0.25) is 9.59 Å². The number of quaternary nitrogens is 1. The highest BCUT2D eigenvalue weighted by atomic mass is 16.4. The second kappa shape index (κ2) is 17.1. The highest BCUT2D eigenvalue weighted by Gasteiger charge is 2.41.